The molecule has 16 atom stereocenters. The van der Waals surface area contributed by atoms with E-state index in [9.17, 15) is 30.0 Å². The standard InChI is InChI=1S/C34H47NO12/c1-7-35-14-31(15-42-3)23-22(43-4)20-24(35)33(23,28(44-5)21(37)25(31)38)18-13-32(41)27(46-30(40)17-11-9-8-10-12-17)19(18)34(20,47-16(2)36)26(39)29(32)45-6/h8-12,18-29,37-39,41H,7,13-15H2,1-6H3/t18-,19-,20+,21-,22+,23-,24?,25-,26+,27-,28+,29+,31-,32-,33+,34-/m1/s1. The van der Waals surface area contributed by atoms with Crippen LogP contribution in [0.1, 0.15) is 30.6 Å². The molecule has 47 heavy (non-hydrogen) atoms. The number of aliphatic hydroxyl groups is 4. The number of aliphatic hydroxyl groups excluding tert-OH is 3. The molecule has 5 saturated carbocycles. The van der Waals surface area contributed by atoms with Crippen LogP contribution in [0.15, 0.2) is 30.3 Å². The van der Waals surface area contributed by atoms with Gasteiger partial charge in [-0.3, -0.25) is 9.69 Å². The minimum atomic E-state index is -1.92. The molecule has 1 aromatic carbocycles. The summed E-state index contributed by atoms with van der Waals surface area (Å²) in [6, 6.07) is 7.87. The lowest BCUT2D eigenvalue weighted by atomic mass is 9.42. The number of rotatable bonds is 9. The van der Waals surface area contributed by atoms with Crippen LogP contribution in [-0.2, 0) is 33.2 Å². The summed E-state index contributed by atoms with van der Waals surface area (Å²) in [5.74, 6) is -4.35. The maximum Gasteiger partial charge on any atom is 0.338 e. The first-order valence-corrected chi connectivity index (χ1v) is 16.5. The van der Waals surface area contributed by atoms with Gasteiger partial charge in [0.1, 0.15) is 30.0 Å². The average Bonchev–Trinajstić information content (AvgIpc) is 3.42. The van der Waals surface area contributed by atoms with E-state index in [1.165, 1.54) is 21.1 Å². The Balaban J connectivity index is 1.55. The molecule has 7 rings (SSSR count). The first-order chi connectivity index (χ1) is 22.4. The van der Waals surface area contributed by atoms with Gasteiger partial charge in [0.15, 0.2) is 5.60 Å². The third-order valence-electron chi connectivity index (χ3n) is 13.2. The fraction of sp³-hybridized carbons (Fsp3) is 0.765. The van der Waals surface area contributed by atoms with Gasteiger partial charge in [0.2, 0.25) is 0 Å². The maximum atomic E-state index is 13.8. The van der Waals surface area contributed by atoms with Crippen LogP contribution < -0.4 is 0 Å². The lowest BCUT2D eigenvalue weighted by molar-refractivity contribution is -0.335. The Morgan fingerprint density at radius 1 is 0.936 bits per heavy atom. The number of benzene rings is 1. The lowest BCUT2D eigenvalue weighted by Gasteiger charge is -2.71. The number of carbonyl (C=O) groups excluding carboxylic acids is 2. The quantitative estimate of drug-likeness (QED) is 0.253. The summed E-state index contributed by atoms with van der Waals surface area (Å²) >= 11 is 0. The second-order valence-electron chi connectivity index (χ2n) is 14.5. The zero-order valence-electron chi connectivity index (χ0n) is 27.6. The van der Waals surface area contributed by atoms with Gasteiger partial charge in [-0.15, -0.1) is 0 Å². The molecule has 1 saturated heterocycles. The summed E-state index contributed by atoms with van der Waals surface area (Å²) in [5, 5.41) is 49.3. The number of nitrogens with zero attached hydrogens (tertiary/aromatic N) is 1. The number of hydrogen-bond donors (Lipinski definition) is 4. The second kappa shape index (κ2) is 11.2. The summed E-state index contributed by atoms with van der Waals surface area (Å²) in [4.78, 5) is 29.2. The number of ether oxygens (including phenoxy) is 6. The van der Waals surface area contributed by atoms with Crippen molar-refractivity contribution in [3.63, 3.8) is 0 Å². The van der Waals surface area contributed by atoms with Gasteiger partial charge in [0.25, 0.3) is 0 Å². The molecule has 1 unspecified atom stereocenters. The average molecular weight is 662 g/mol. The fourth-order valence-electron chi connectivity index (χ4n) is 12.4. The Hall–Kier alpha value is -2.20. The smallest absolute Gasteiger partial charge is 0.338 e. The normalized spacial score (nSPS) is 50.7. The van der Waals surface area contributed by atoms with Crippen molar-refractivity contribution in [2.24, 2.45) is 34.5 Å². The molecule has 5 aliphatic carbocycles. The molecule has 0 aromatic heterocycles. The molecule has 13 nitrogen and oxygen atoms in total. The van der Waals surface area contributed by atoms with Crippen molar-refractivity contribution < 1.29 is 58.4 Å². The fourth-order valence-corrected chi connectivity index (χ4v) is 12.4. The molecule has 1 aromatic rings. The van der Waals surface area contributed by atoms with Crippen LogP contribution in [0, 0.1) is 34.5 Å². The molecule has 13 heteroatoms. The highest BCUT2D eigenvalue weighted by Gasteiger charge is 2.93. The van der Waals surface area contributed by atoms with Gasteiger partial charge in [0.05, 0.1) is 30.5 Å². The highest BCUT2D eigenvalue weighted by Crippen LogP contribution is 2.80. The van der Waals surface area contributed by atoms with Gasteiger partial charge >= 0.3 is 11.9 Å². The van der Waals surface area contributed by atoms with Crippen LogP contribution in [0.3, 0.4) is 0 Å². The van der Waals surface area contributed by atoms with Crippen molar-refractivity contribution in [2.75, 3.05) is 48.1 Å². The minimum absolute atomic E-state index is 0.0393. The molecule has 0 amide bonds. The number of piperidine rings is 1. The Bertz CT molecular complexity index is 1400. The minimum Gasteiger partial charge on any atom is -0.455 e. The molecular formula is C34H47NO12. The zero-order chi connectivity index (χ0) is 33.8. The van der Waals surface area contributed by atoms with Crippen molar-refractivity contribution in [3.05, 3.63) is 35.9 Å². The number of fused-ring (bicyclic) bond motifs is 2. The topological polar surface area (TPSA) is 174 Å². The van der Waals surface area contributed by atoms with E-state index in [4.69, 9.17) is 28.4 Å². The van der Waals surface area contributed by atoms with E-state index in [0.29, 0.717) is 13.1 Å². The molecule has 0 radical (unpaired) electrons. The largest absolute Gasteiger partial charge is 0.455 e. The van der Waals surface area contributed by atoms with Crippen LogP contribution >= 0.6 is 0 Å². The van der Waals surface area contributed by atoms with E-state index in [2.05, 4.69) is 4.90 Å². The molecule has 6 aliphatic rings. The number of carbonyl (C=O) groups is 2. The number of methoxy groups -OCH3 is 4. The molecule has 1 spiro atoms. The van der Waals surface area contributed by atoms with E-state index in [-0.39, 0.29) is 18.6 Å². The SMILES string of the molecule is CCN1C[C@]2(COC)[C@H](O)[C@@H](O)[C@H](OC)[C@]34C1[C@H]([C@H](OC)[C@H]23)[C@]1(OC(C)=O)[C@H]2[C@@H](OC(=O)c3ccccc3)[C@](O)(C[C@H]24)[C@@H](OC)[C@@H]1O. The van der Waals surface area contributed by atoms with Crippen molar-refractivity contribution in [1.29, 1.82) is 0 Å². The maximum absolute atomic E-state index is 13.8. The van der Waals surface area contributed by atoms with Gasteiger partial charge in [-0.05, 0) is 31.0 Å². The van der Waals surface area contributed by atoms with Gasteiger partial charge in [-0.2, -0.15) is 0 Å². The molecule has 1 aliphatic heterocycles. The predicted molar refractivity (Wildman–Crippen MR) is 162 cm³/mol. The molecule has 4 N–H and O–H groups in total. The summed E-state index contributed by atoms with van der Waals surface area (Å²) < 4.78 is 37.0. The summed E-state index contributed by atoms with van der Waals surface area (Å²) in [6.45, 7) is 4.16. The highest BCUT2D eigenvalue weighted by molar-refractivity contribution is 5.89. The predicted octanol–water partition coefficient (Wildman–Crippen LogP) is -0.381. The van der Waals surface area contributed by atoms with Crippen molar-refractivity contribution in [3.8, 4) is 0 Å². The molecule has 260 valence electrons. The third-order valence-corrected chi connectivity index (χ3v) is 13.2. The zero-order valence-corrected chi connectivity index (χ0v) is 27.6. The van der Waals surface area contributed by atoms with Crippen molar-refractivity contribution in [1.82, 2.24) is 4.90 Å². The first kappa shape index (κ1) is 33.3. The second-order valence-corrected chi connectivity index (χ2v) is 14.5. The van der Waals surface area contributed by atoms with Crippen LogP contribution in [0.2, 0.25) is 0 Å². The Labute approximate surface area is 274 Å². The first-order valence-electron chi connectivity index (χ1n) is 16.5. The Kier molecular flexibility index (Phi) is 7.91. The van der Waals surface area contributed by atoms with Crippen molar-refractivity contribution in [2.45, 2.75) is 80.2 Å². The third kappa shape index (κ3) is 3.75. The number of esters is 2. The number of likely N-dealkylation sites (tertiary alicyclic amines) is 1. The van der Waals surface area contributed by atoms with E-state index in [1.807, 2.05) is 6.92 Å². The van der Waals surface area contributed by atoms with E-state index < -0.39 is 106 Å². The van der Waals surface area contributed by atoms with Crippen LogP contribution in [0.25, 0.3) is 0 Å². The van der Waals surface area contributed by atoms with E-state index in [1.54, 1.807) is 44.6 Å². The number of hydrogen-bond acceptors (Lipinski definition) is 13. The monoisotopic (exact) mass is 661 g/mol. The Morgan fingerprint density at radius 2 is 1.62 bits per heavy atom. The van der Waals surface area contributed by atoms with Gasteiger partial charge < -0.3 is 48.8 Å². The Morgan fingerprint density at radius 3 is 2.19 bits per heavy atom. The summed E-state index contributed by atoms with van der Waals surface area (Å²) in [5.41, 5.74) is -5.57. The summed E-state index contributed by atoms with van der Waals surface area (Å²) in [6.07, 6.45) is -8.59. The van der Waals surface area contributed by atoms with Gasteiger partial charge in [0, 0.05) is 76.5 Å². The van der Waals surface area contributed by atoms with Crippen molar-refractivity contribution >= 4 is 11.9 Å². The van der Waals surface area contributed by atoms with Gasteiger partial charge in [-0.25, -0.2) is 4.79 Å². The highest BCUT2D eigenvalue weighted by atomic mass is 16.6. The van der Waals surface area contributed by atoms with E-state index >= 15 is 0 Å². The molecule has 7 bridgehead atoms. The van der Waals surface area contributed by atoms with Crippen LogP contribution in [0.4, 0.5) is 0 Å². The van der Waals surface area contributed by atoms with Crippen LogP contribution in [0.5, 0.6) is 0 Å². The molecule has 1 heterocycles. The van der Waals surface area contributed by atoms with Crippen LogP contribution in [-0.4, -0.2) is 145 Å². The summed E-state index contributed by atoms with van der Waals surface area (Å²) in [7, 11) is 5.94. The lowest BCUT2D eigenvalue weighted by Crippen LogP contribution is -2.83. The van der Waals surface area contributed by atoms with E-state index in [0.717, 1.165) is 0 Å². The van der Waals surface area contributed by atoms with Gasteiger partial charge in [-0.1, -0.05) is 25.1 Å². The molecule has 6 fully saturated rings. The molecular weight excluding hydrogens is 614 g/mol.